The molecule has 33 heavy (non-hydrogen) atoms. The molecular formula is C29H35NO3. The van der Waals surface area contributed by atoms with Crippen molar-refractivity contribution in [1.29, 1.82) is 0 Å². The van der Waals surface area contributed by atoms with Crippen LogP contribution in [0.5, 0.6) is 11.5 Å². The van der Waals surface area contributed by atoms with Gasteiger partial charge >= 0.3 is 5.97 Å². The number of methoxy groups -OCH3 is 1. The Morgan fingerprint density at radius 3 is 1.91 bits per heavy atom. The molecule has 0 atom stereocenters. The highest BCUT2D eigenvalue weighted by Crippen LogP contribution is 2.43. The van der Waals surface area contributed by atoms with Gasteiger partial charge in [0.15, 0.2) is 0 Å². The van der Waals surface area contributed by atoms with E-state index in [1.807, 2.05) is 48.5 Å². The summed E-state index contributed by atoms with van der Waals surface area (Å²) in [5.41, 5.74) is 3.79. The fourth-order valence-electron chi connectivity index (χ4n) is 3.70. The van der Waals surface area contributed by atoms with Crippen LogP contribution in [-0.2, 0) is 17.4 Å². The number of anilines is 1. The molecular weight excluding hydrogens is 410 g/mol. The third kappa shape index (κ3) is 5.95. The summed E-state index contributed by atoms with van der Waals surface area (Å²) in [4.78, 5) is 13.5. The third-order valence-corrected chi connectivity index (χ3v) is 5.58. The van der Waals surface area contributed by atoms with E-state index in [-0.39, 0.29) is 16.8 Å². The number of nitrogens with one attached hydrogen (secondary N) is 1. The zero-order chi connectivity index (χ0) is 24.2. The predicted octanol–water partition coefficient (Wildman–Crippen LogP) is 7.12. The quantitative estimate of drug-likeness (QED) is 0.324. The molecule has 0 saturated carbocycles. The molecule has 0 aliphatic rings. The van der Waals surface area contributed by atoms with E-state index in [1.54, 1.807) is 13.2 Å². The predicted molar refractivity (Wildman–Crippen MR) is 136 cm³/mol. The molecule has 0 heterocycles. The first kappa shape index (κ1) is 24.4. The smallest absolute Gasteiger partial charge is 0.345 e. The van der Waals surface area contributed by atoms with Gasteiger partial charge in [-0.3, -0.25) is 0 Å². The summed E-state index contributed by atoms with van der Waals surface area (Å²) in [6, 6.07) is 21.5. The molecule has 0 amide bonds. The normalized spacial score (nSPS) is 11.7. The lowest BCUT2D eigenvalue weighted by Crippen LogP contribution is -2.22. The van der Waals surface area contributed by atoms with E-state index in [4.69, 9.17) is 9.47 Å². The van der Waals surface area contributed by atoms with Gasteiger partial charge < -0.3 is 14.8 Å². The standard InChI is InChI=1S/C29H35NO3/c1-28(2,3)23-17-21(32-7)18-24(29(4,5)6)26(23)33-27(31)22-15-11-12-16-25(22)30-19-20-13-9-8-10-14-20/h8-18,30H,19H2,1-7H3. The van der Waals surface area contributed by atoms with Crippen LogP contribution in [0.4, 0.5) is 5.69 Å². The van der Waals surface area contributed by atoms with Gasteiger partial charge in [-0.1, -0.05) is 84.0 Å². The molecule has 0 unspecified atom stereocenters. The molecule has 1 N–H and O–H groups in total. The molecule has 0 aliphatic carbocycles. The molecule has 0 spiro atoms. The number of esters is 1. The largest absolute Gasteiger partial charge is 0.497 e. The Balaban J connectivity index is 1.99. The second-order valence-electron chi connectivity index (χ2n) is 10.3. The van der Waals surface area contributed by atoms with Gasteiger partial charge in [-0.25, -0.2) is 4.79 Å². The summed E-state index contributed by atoms with van der Waals surface area (Å²) in [7, 11) is 1.66. The van der Waals surface area contributed by atoms with Crippen LogP contribution in [0.2, 0.25) is 0 Å². The Hall–Kier alpha value is -3.27. The molecule has 0 aromatic heterocycles. The van der Waals surface area contributed by atoms with Crippen LogP contribution >= 0.6 is 0 Å². The van der Waals surface area contributed by atoms with Crippen molar-refractivity contribution in [3.63, 3.8) is 0 Å². The Labute approximate surface area is 197 Å². The van der Waals surface area contributed by atoms with E-state index in [0.29, 0.717) is 17.9 Å². The maximum absolute atomic E-state index is 13.5. The SMILES string of the molecule is COc1cc(C(C)(C)C)c(OC(=O)c2ccccc2NCc2ccccc2)c(C(C)(C)C)c1. The average Bonchev–Trinajstić information content (AvgIpc) is 2.77. The van der Waals surface area contributed by atoms with Crippen molar-refractivity contribution in [2.45, 2.75) is 58.9 Å². The first-order chi connectivity index (χ1) is 15.5. The van der Waals surface area contributed by atoms with Gasteiger partial charge in [-0.2, -0.15) is 0 Å². The average molecular weight is 446 g/mol. The highest BCUT2D eigenvalue weighted by Gasteiger charge is 2.30. The molecule has 0 bridgehead atoms. The number of carbonyl (C=O) groups is 1. The monoisotopic (exact) mass is 445 g/mol. The molecule has 0 saturated heterocycles. The molecule has 0 aliphatic heterocycles. The number of ether oxygens (including phenoxy) is 2. The van der Waals surface area contributed by atoms with E-state index in [9.17, 15) is 4.79 Å². The fraction of sp³-hybridized carbons (Fsp3) is 0.345. The number of carbonyl (C=O) groups excluding carboxylic acids is 1. The minimum absolute atomic E-state index is 0.241. The van der Waals surface area contributed by atoms with Gasteiger partial charge in [0.2, 0.25) is 0 Å². The highest BCUT2D eigenvalue weighted by atomic mass is 16.5. The summed E-state index contributed by atoms with van der Waals surface area (Å²) >= 11 is 0. The lowest BCUT2D eigenvalue weighted by molar-refractivity contribution is 0.0729. The zero-order valence-electron chi connectivity index (χ0n) is 20.8. The van der Waals surface area contributed by atoms with Crippen LogP contribution in [0.25, 0.3) is 0 Å². The minimum atomic E-state index is -0.382. The van der Waals surface area contributed by atoms with Crippen LogP contribution in [0.15, 0.2) is 66.7 Å². The van der Waals surface area contributed by atoms with E-state index in [2.05, 4.69) is 59.0 Å². The fourth-order valence-corrected chi connectivity index (χ4v) is 3.70. The van der Waals surface area contributed by atoms with Crippen molar-refractivity contribution in [3.8, 4) is 11.5 Å². The van der Waals surface area contributed by atoms with Crippen molar-refractivity contribution in [1.82, 2.24) is 0 Å². The highest BCUT2D eigenvalue weighted by molar-refractivity contribution is 5.97. The lowest BCUT2D eigenvalue weighted by atomic mass is 9.79. The summed E-state index contributed by atoms with van der Waals surface area (Å²) in [5.74, 6) is 0.987. The van der Waals surface area contributed by atoms with Gasteiger partial charge in [-0.05, 0) is 40.7 Å². The topological polar surface area (TPSA) is 47.6 Å². The van der Waals surface area contributed by atoms with E-state index in [0.717, 1.165) is 28.1 Å². The Morgan fingerprint density at radius 1 is 0.818 bits per heavy atom. The van der Waals surface area contributed by atoms with Crippen molar-refractivity contribution in [3.05, 3.63) is 89.0 Å². The maximum Gasteiger partial charge on any atom is 0.345 e. The second kappa shape index (κ2) is 9.70. The molecule has 174 valence electrons. The molecule has 4 nitrogen and oxygen atoms in total. The lowest BCUT2D eigenvalue weighted by Gasteiger charge is -2.30. The van der Waals surface area contributed by atoms with E-state index in [1.165, 1.54) is 0 Å². The van der Waals surface area contributed by atoms with Crippen LogP contribution in [-0.4, -0.2) is 13.1 Å². The molecule has 3 aromatic rings. The number of benzene rings is 3. The first-order valence-corrected chi connectivity index (χ1v) is 11.3. The van der Waals surface area contributed by atoms with Gasteiger partial charge in [-0.15, -0.1) is 0 Å². The summed E-state index contributed by atoms with van der Waals surface area (Å²) in [6.45, 7) is 13.3. The number of para-hydroxylation sites is 1. The van der Waals surface area contributed by atoms with Crippen molar-refractivity contribution in [2.75, 3.05) is 12.4 Å². The van der Waals surface area contributed by atoms with Gasteiger partial charge in [0, 0.05) is 23.4 Å². The maximum atomic E-state index is 13.5. The molecule has 0 fully saturated rings. The van der Waals surface area contributed by atoms with Crippen LogP contribution in [0, 0.1) is 0 Å². The Kier molecular flexibility index (Phi) is 7.16. The molecule has 3 rings (SSSR count). The minimum Gasteiger partial charge on any atom is -0.497 e. The molecule has 3 aromatic carbocycles. The van der Waals surface area contributed by atoms with Crippen LogP contribution in [0.1, 0.15) is 68.6 Å². The van der Waals surface area contributed by atoms with Crippen LogP contribution in [0.3, 0.4) is 0 Å². The number of hydrogen-bond donors (Lipinski definition) is 1. The Morgan fingerprint density at radius 2 is 1.36 bits per heavy atom. The van der Waals surface area contributed by atoms with Crippen molar-refractivity contribution < 1.29 is 14.3 Å². The zero-order valence-corrected chi connectivity index (χ0v) is 20.8. The second-order valence-corrected chi connectivity index (χ2v) is 10.3. The summed E-state index contributed by atoms with van der Waals surface area (Å²) < 4.78 is 11.7. The summed E-state index contributed by atoms with van der Waals surface area (Å²) in [6.07, 6.45) is 0. The summed E-state index contributed by atoms with van der Waals surface area (Å²) in [5, 5.41) is 3.38. The van der Waals surface area contributed by atoms with Gasteiger partial charge in [0.05, 0.1) is 12.7 Å². The third-order valence-electron chi connectivity index (χ3n) is 5.58. The Bertz CT molecular complexity index is 1070. The first-order valence-electron chi connectivity index (χ1n) is 11.3. The molecule has 0 radical (unpaired) electrons. The van der Waals surface area contributed by atoms with Crippen molar-refractivity contribution in [2.24, 2.45) is 0 Å². The number of hydrogen-bond acceptors (Lipinski definition) is 4. The van der Waals surface area contributed by atoms with E-state index >= 15 is 0 Å². The van der Waals surface area contributed by atoms with Crippen LogP contribution < -0.4 is 14.8 Å². The van der Waals surface area contributed by atoms with Gasteiger partial charge in [0.1, 0.15) is 11.5 Å². The van der Waals surface area contributed by atoms with Gasteiger partial charge in [0.25, 0.3) is 0 Å². The van der Waals surface area contributed by atoms with E-state index < -0.39 is 0 Å². The van der Waals surface area contributed by atoms with Crippen molar-refractivity contribution >= 4 is 11.7 Å². The molecule has 4 heteroatoms. The number of rotatable bonds is 6.